The van der Waals surface area contributed by atoms with Crippen molar-refractivity contribution in [2.45, 2.75) is 347 Å². The fraction of sp³-hybridized carbons (Fsp3) is 0.847. The number of carbonyl (C=O) groups is 3. The Morgan fingerprint density at radius 2 is 0.704 bits per heavy atom. The first-order chi connectivity index (χ1) is 39.6. The van der Waals surface area contributed by atoms with E-state index >= 15 is 0 Å². The fourth-order valence-electron chi connectivity index (χ4n) is 10.3. The van der Waals surface area contributed by atoms with Crippen LogP contribution in [0.25, 0.3) is 0 Å². The molecule has 0 aliphatic rings. The van der Waals surface area contributed by atoms with Gasteiger partial charge in [-0.3, -0.25) is 9.59 Å². The number of hydrogen-bond donors (Lipinski definition) is 0. The minimum absolute atomic E-state index is 0.150. The van der Waals surface area contributed by atoms with Gasteiger partial charge in [0.25, 0.3) is 0 Å². The van der Waals surface area contributed by atoms with Crippen LogP contribution < -0.4 is 5.11 Å². The van der Waals surface area contributed by atoms with Crippen molar-refractivity contribution in [2.24, 2.45) is 0 Å². The van der Waals surface area contributed by atoms with Crippen LogP contribution in [0.5, 0.6) is 0 Å². The summed E-state index contributed by atoms with van der Waals surface area (Å²) in [6, 6.07) is 0. The smallest absolute Gasteiger partial charge is 0.306 e. The average molecular weight is 1140 g/mol. The van der Waals surface area contributed by atoms with Crippen LogP contribution in [-0.4, -0.2) is 82.3 Å². The molecule has 0 aromatic carbocycles. The molecule has 0 heterocycles. The molecule has 2 atom stereocenters. The highest BCUT2D eigenvalue weighted by molar-refractivity contribution is 5.70. The van der Waals surface area contributed by atoms with E-state index in [1.807, 2.05) is 21.1 Å². The Labute approximate surface area is 502 Å². The molecule has 9 nitrogen and oxygen atoms in total. The summed E-state index contributed by atoms with van der Waals surface area (Å²) < 4.78 is 22.8. The summed E-state index contributed by atoms with van der Waals surface area (Å²) in [5, 5.41) is 11.8. The minimum Gasteiger partial charge on any atom is -0.545 e. The van der Waals surface area contributed by atoms with Gasteiger partial charge in [-0.25, -0.2) is 0 Å². The number of carbonyl (C=O) groups excluding carboxylic acids is 3. The van der Waals surface area contributed by atoms with E-state index in [1.54, 1.807) is 0 Å². The highest BCUT2D eigenvalue weighted by Crippen LogP contribution is 2.19. The molecule has 81 heavy (non-hydrogen) atoms. The van der Waals surface area contributed by atoms with E-state index < -0.39 is 24.3 Å². The van der Waals surface area contributed by atoms with Crippen LogP contribution in [0.4, 0.5) is 0 Å². The summed E-state index contributed by atoms with van der Waals surface area (Å²) in [5.74, 6) is -2.26. The number of allylic oxidation sites excluding steroid dienone is 8. The standard InChI is InChI=1S/C72H133NO8/c1-6-8-10-12-14-16-18-20-22-24-26-28-30-32-34-35-37-39-41-43-45-47-49-51-53-55-57-59-61-63-70(75)81-68(67-80-72(71(76)77)78-65-64-73(3,4)5)66-79-69(74)62-60-58-56-54-52-50-48-46-44-42-40-38-36-33-31-29-27-25-23-21-19-17-15-13-11-9-7-2/h8,10,14,16,20,22,26,28,68,72H,6-7,9,11-13,15,17-19,21,23-25,27,29-67H2,1-5H3/b10-8-,16-14-,22-20-,28-26-. The summed E-state index contributed by atoms with van der Waals surface area (Å²) in [6.45, 7) is 4.70. The highest BCUT2D eigenvalue weighted by atomic mass is 16.7. The monoisotopic (exact) mass is 1140 g/mol. The zero-order valence-corrected chi connectivity index (χ0v) is 54.2. The van der Waals surface area contributed by atoms with E-state index in [2.05, 4.69) is 62.5 Å². The van der Waals surface area contributed by atoms with Gasteiger partial charge in [0.05, 0.1) is 40.3 Å². The molecule has 0 aliphatic heterocycles. The van der Waals surface area contributed by atoms with Crippen molar-refractivity contribution < 1.29 is 42.9 Å². The molecule has 0 saturated heterocycles. The minimum atomic E-state index is -1.62. The number of rotatable bonds is 65. The van der Waals surface area contributed by atoms with E-state index in [0.717, 1.165) is 57.8 Å². The molecular formula is C72H133NO8. The first-order valence-corrected chi connectivity index (χ1v) is 34.8. The molecule has 0 amide bonds. The number of hydrogen-bond acceptors (Lipinski definition) is 8. The molecule has 0 N–H and O–H groups in total. The van der Waals surface area contributed by atoms with Gasteiger partial charge in [-0.05, 0) is 51.4 Å². The molecule has 0 saturated carbocycles. The topological polar surface area (TPSA) is 111 Å². The molecular weight excluding hydrogens is 1010 g/mol. The van der Waals surface area contributed by atoms with Crippen LogP contribution in [0, 0.1) is 0 Å². The highest BCUT2D eigenvalue weighted by Gasteiger charge is 2.22. The molecule has 0 aromatic rings. The zero-order valence-electron chi connectivity index (χ0n) is 54.2. The van der Waals surface area contributed by atoms with Gasteiger partial charge in [-0.1, -0.05) is 319 Å². The number of likely N-dealkylation sites (N-methyl/N-ethyl adjacent to an activating group) is 1. The van der Waals surface area contributed by atoms with Crippen LogP contribution in [-0.2, 0) is 33.3 Å². The predicted octanol–water partition coefficient (Wildman–Crippen LogP) is 20.0. The van der Waals surface area contributed by atoms with Crippen LogP contribution in [0.2, 0.25) is 0 Å². The average Bonchev–Trinajstić information content (AvgIpc) is 3.44. The van der Waals surface area contributed by atoms with E-state index in [4.69, 9.17) is 18.9 Å². The number of aliphatic carboxylic acids is 1. The van der Waals surface area contributed by atoms with Crippen LogP contribution in [0.1, 0.15) is 335 Å². The molecule has 474 valence electrons. The third kappa shape index (κ3) is 64.7. The molecule has 9 heteroatoms. The van der Waals surface area contributed by atoms with Crippen molar-refractivity contribution in [1.29, 1.82) is 0 Å². The predicted molar refractivity (Wildman–Crippen MR) is 343 cm³/mol. The Morgan fingerprint density at radius 1 is 0.383 bits per heavy atom. The van der Waals surface area contributed by atoms with Crippen molar-refractivity contribution in [3.63, 3.8) is 0 Å². The zero-order chi connectivity index (χ0) is 59.1. The van der Waals surface area contributed by atoms with Gasteiger partial charge < -0.3 is 33.3 Å². The van der Waals surface area contributed by atoms with Gasteiger partial charge in [0.15, 0.2) is 12.4 Å². The van der Waals surface area contributed by atoms with Crippen molar-refractivity contribution in [2.75, 3.05) is 47.5 Å². The van der Waals surface area contributed by atoms with Crippen LogP contribution in [0.15, 0.2) is 48.6 Å². The van der Waals surface area contributed by atoms with E-state index in [1.165, 1.54) is 244 Å². The van der Waals surface area contributed by atoms with Gasteiger partial charge in [0.1, 0.15) is 13.2 Å². The van der Waals surface area contributed by atoms with Crippen LogP contribution in [0.3, 0.4) is 0 Å². The SMILES string of the molecule is CC/C=C\C/C=C\C/C=C\C/C=C\CCCCCCCCCCCCCCCCCCC(=O)OC(COC(=O)CCCCCCCCCCCCCCCCCCCCCCCCCCCCC)COC(OCC[N+](C)(C)C)C(=O)[O-]. The third-order valence-corrected chi connectivity index (χ3v) is 15.6. The van der Waals surface area contributed by atoms with Gasteiger partial charge in [-0.2, -0.15) is 0 Å². The Bertz CT molecular complexity index is 1470. The van der Waals surface area contributed by atoms with Gasteiger partial charge >= 0.3 is 11.9 Å². The normalized spacial score (nSPS) is 13.0. The number of nitrogens with zero attached hydrogens (tertiary/aromatic N) is 1. The number of unbranched alkanes of at least 4 members (excludes halogenated alkanes) is 42. The summed E-state index contributed by atoms with van der Waals surface area (Å²) in [6.07, 6.45) is 77.7. The number of esters is 2. The second-order valence-electron chi connectivity index (χ2n) is 24.8. The lowest BCUT2D eigenvalue weighted by Gasteiger charge is -2.26. The van der Waals surface area contributed by atoms with E-state index in [-0.39, 0.29) is 32.2 Å². The third-order valence-electron chi connectivity index (χ3n) is 15.6. The molecule has 2 unspecified atom stereocenters. The molecule has 0 radical (unpaired) electrons. The first kappa shape index (κ1) is 78.2. The first-order valence-electron chi connectivity index (χ1n) is 34.8. The molecule has 0 rings (SSSR count). The number of ether oxygens (including phenoxy) is 4. The van der Waals surface area contributed by atoms with Gasteiger partial charge in [-0.15, -0.1) is 0 Å². The fourth-order valence-corrected chi connectivity index (χ4v) is 10.3. The van der Waals surface area contributed by atoms with E-state index in [0.29, 0.717) is 23.9 Å². The second kappa shape index (κ2) is 63.3. The summed E-state index contributed by atoms with van der Waals surface area (Å²) in [7, 11) is 5.94. The molecule has 0 aliphatic carbocycles. The maximum atomic E-state index is 12.9. The van der Waals surface area contributed by atoms with Crippen LogP contribution >= 0.6 is 0 Å². The molecule has 0 aromatic heterocycles. The van der Waals surface area contributed by atoms with Gasteiger partial charge in [0, 0.05) is 12.8 Å². The Balaban J connectivity index is 4.08. The lowest BCUT2D eigenvalue weighted by molar-refractivity contribution is -0.870. The Hall–Kier alpha value is -2.75. The summed E-state index contributed by atoms with van der Waals surface area (Å²) in [5.41, 5.74) is 0. The number of carboxylic acid groups (broad SMARTS) is 1. The van der Waals surface area contributed by atoms with Crippen molar-refractivity contribution in [3.8, 4) is 0 Å². The lowest BCUT2D eigenvalue weighted by atomic mass is 10.0. The molecule has 0 spiro atoms. The number of carboxylic acids is 1. The Morgan fingerprint density at radius 3 is 1.05 bits per heavy atom. The molecule has 0 bridgehead atoms. The maximum absolute atomic E-state index is 12.9. The summed E-state index contributed by atoms with van der Waals surface area (Å²) >= 11 is 0. The number of quaternary nitrogens is 1. The summed E-state index contributed by atoms with van der Waals surface area (Å²) in [4.78, 5) is 37.5. The maximum Gasteiger partial charge on any atom is 0.306 e. The largest absolute Gasteiger partial charge is 0.545 e. The quantitative estimate of drug-likeness (QED) is 0.0195. The van der Waals surface area contributed by atoms with Crippen molar-refractivity contribution in [1.82, 2.24) is 0 Å². The Kier molecular flexibility index (Phi) is 61.1. The van der Waals surface area contributed by atoms with Crippen molar-refractivity contribution >= 4 is 17.9 Å². The second-order valence-corrected chi connectivity index (χ2v) is 24.8. The van der Waals surface area contributed by atoms with Gasteiger partial charge in [0.2, 0.25) is 0 Å². The van der Waals surface area contributed by atoms with Crippen molar-refractivity contribution in [3.05, 3.63) is 48.6 Å². The molecule has 0 fully saturated rings. The van der Waals surface area contributed by atoms with E-state index in [9.17, 15) is 19.5 Å². The lowest BCUT2D eigenvalue weighted by Crippen LogP contribution is -2.44.